The molecule has 0 aromatic carbocycles. The van der Waals surface area contributed by atoms with E-state index in [-0.39, 0.29) is 27.2 Å². The molecular formula is C50H77N3O6S. The summed E-state index contributed by atoms with van der Waals surface area (Å²) in [4.78, 5) is 19.6. The van der Waals surface area contributed by atoms with Gasteiger partial charge >= 0.3 is 5.97 Å². The molecule has 1 aromatic rings. The minimum absolute atomic E-state index is 0.00986. The number of aliphatic carboxylic acids is 1. The van der Waals surface area contributed by atoms with Gasteiger partial charge in [0.15, 0.2) is 0 Å². The van der Waals surface area contributed by atoms with Crippen LogP contribution >= 0.6 is 10.6 Å². The van der Waals surface area contributed by atoms with Gasteiger partial charge in [0.2, 0.25) is 5.88 Å². The summed E-state index contributed by atoms with van der Waals surface area (Å²) in [5.41, 5.74) is 4.31. The summed E-state index contributed by atoms with van der Waals surface area (Å²) >= 11 is 0. The molecule has 4 N–H and O–H groups in total. The summed E-state index contributed by atoms with van der Waals surface area (Å²) in [6, 6.07) is 3.51. The summed E-state index contributed by atoms with van der Waals surface area (Å²) in [5, 5.41) is 14.8. The second-order valence-corrected chi connectivity index (χ2v) is 24.4. The molecule has 334 valence electrons. The SMILES string of the molecule is C=C(C)[C@@H]1CC[C@]2(NCCN3CCS(O)(O)CC3)CC[C@]3(C)[C@H](CC[C@@H]4[C@@]5(C)CC=C(C6=CCC(CCOc7cc(OC)ccn7)(C(=O)O)CC6)C(C)(C)[C@@H]5CC[C@]43C)[C@@H]12. The average molecular weight is 848 g/mol. The van der Waals surface area contributed by atoms with Crippen LogP contribution in [0.15, 0.2) is 53.8 Å². The monoisotopic (exact) mass is 848 g/mol. The van der Waals surface area contributed by atoms with Crippen LogP contribution in [0.1, 0.15) is 125 Å². The zero-order valence-corrected chi connectivity index (χ0v) is 38.8. The molecule has 7 aliphatic rings. The van der Waals surface area contributed by atoms with E-state index in [1.165, 1.54) is 68.1 Å². The van der Waals surface area contributed by atoms with E-state index in [0.29, 0.717) is 78.6 Å². The van der Waals surface area contributed by atoms with E-state index in [4.69, 9.17) is 9.47 Å². The lowest BCUT2D eigenvalue weighted by Crippen LogP contribution is -2.68. The number of allylic oxidation sites excluding steroid dienone is 5. The Morgan fingerprint density at radius 2 is 1.73 bits per heavy atom. The smallest absolute Gasteiger partial charge is 0.310 e. The molecular weight excluding hydrogens is 771 g/mol. The number of hydrogen-bond acceptors (Lipinski definition) is 8. The molecule has 9 nitrogen and oxygen atoms in total. The second-order valence-electron chi connectivity index (χ2n) is 22.0. The van der Waals surface area contributed by atoms with Gasteiger partial charge < -0.3 is 19.9 Å². The van der Waals surface area contributed by atoms with E-state index >= 15 is 0 Å². The molecule has 1 aliphatic heterocycles. The Labute approximate surface area is 363 Å². The average Bonchev–Trinajstić information content (AvgIpc) is 3.59. The number of carboxylic acids is 1. The van der Waals surface area contributed by atoms with Gasteiger partial charge in [-0.25, -0.2) is 4.98 Å². The third kappa shape index (κ3) is 7.32. The van der Waals surface area contributed by atoms with E-state index in [2.05, 4.69) is 75.5 Å². The Morgan fingerprint density at radius 1 is 0.967 bits per heavy atom. The summed E-state index contributed by atoms with van der Waals surface area (Å²) in [6.07, 6.45) is 20.2. The molecule has 1 saturated heterocycles. The van der Waals surface area contributed by atoms with Crippen molar-refractivity contribution in [1.29, 1.82) is 0 Å². The van der Waals surface area contributed by atoms with Gasteiger partial charge in [-0.05, 0) is 159 Å². The highest BCUT2D eigenvalue weighted by Gasteiger charge is 2.70. The maximum atomic E-state index is 12.8. The largest absolute Gasteiger partial charge is 0.497 e. The van der Waals surface area contributed by atoms with Crippen molar-refractivity contribution < 1.29 is 28.5 Å². The molecule has 4 saturated carbocycles. The number of fused-ring (bicyclic) bond motifs is 7. The van der Waals surface area contributed by atoms with Crippen LogP contribution in [0.25, 0.3) is 0 Å². The molecule has 10 heteroatoms. The number of nitrogens with zero attached hydrogens (tertiary/aromatic N) is 2. The highest BCUT2D eigenvalue weighted by Crippen LogP contribution is 2.76. The Balaban J connectivity index is 0.983. The number of nitrogens with one attached hydrogen (secondary N) is 1. The Hall–Kier alpha value is -2.37. The number of carbonyl (C=O) groups is 1. The zero-order valence-electron chi connectivity index (χ0n) is 38.0. The van der Waals surface area contributed by atoms with Crippen LogP contribution in [-0.2, 0) is 4.79 Å². The zero-order chi connectivity index (χ0) is 42.9. The minimum Gasteiger partial charge on any atom is -0.497 e. The van der Waals surface area contributed by atoms with E-state index < -0.39 is 22.0 Å². The van der Waals surface area contributed by atoms with Gasteiger partial charge in [0.25, 0.3) is 0 Å². The predicted octanol–water partition coefficient (Wildman–Crippen LogP) is 10.6. The number of ether oxygens (including phenoxy) is 2. The van der Waals surface area contributed by atoms with E-state index in [0.717, 1.165) is 39.0 Å². The first-order valence-corrected chi connectivity index (χ1v) is 25.3. The first-order valence-electron chi connectivity index (χ1n) is 23.5. The first kappa shape index (κ1) is 44.2. The lowest BCUT2D eigenvalue weighted by Gasteiger charge is -2.72. The van der Waals surface area contributed by atoms with Crippen LogP contribution in [0.3, 0.4) is 0 Å². The van der Waals surface area contributed by atoms with E-state index in [1.807, 2.05) is 0 Å². The van der Waals surface area contributed by atoms with Crippen molar-refractivity contribution in [3.8, 4) is 11.6 Å². The van der Waals surface area contributed by atoms with Crippen LogP contribution in [0.5, 0.6) is 11.6 Å². The van der Waals surface area contributed by atoms with Gasteiger partial charge in [-0.15, -0.1) is 0 Å². The molecule has 60 heavy (non-hydrogen) atoms. The van der Waals surface area contributed by atoms with Crippen molar-refractivity contribution in [2.45, 2.75) is 131 Å². The highest BCUT2D eigenvalue weighted by atomic mass is 32.3. The fourth-order valence-corrected chi connectivity index (χ4v) is 17.0. The van der Waals surface area contributed by atoms with Crippen LogP contribution in [0.4, 0.5) is 0 Å². The normalized spacial score (nSPS) is 41.3. The fraction of sp³-hybridized carbons (Fsp3) is 0.760. The molecule has 10 atom stereocenters. The maximum absolute atomic E-state index is 12.8. The number of carboxylic acid groups (broad SMARTS) is 1. The summed E-state index contributed by atoms with van der Waals surface area (Å²) in [7, 11) is -0.766. The van der Waals surface area contributed by atoms with E-state index in [1.54, 1.807) is 25.4 Å². The number of methoxy groups -OCH3 is 1. The van der Waals surface area contributed by atoms with Gasteiger partial charge in [0, 0.05) is 44.0 Å². The van der Waals surface area contributed by atoms with Crippen molar-refractivity contribution in [3.63, 3.8) is 0 Å². The number of aromatic nitrogens is 1. The van der Waals surface area contributed by atoms with Gasteiger partial charge in [0.05, 0.1) is 30.6 Å². The predicted molar refractivity (Wildman–Crippen MR) is 243 cm³/mol. The molecule has 0 amide bonds. The lowest BCUT2D eigenvalue weighted by molar-refractivity contribution is -0.221. The molecule has 5 fully saturated rings. The summed E-state index contributed by atoms with van der Waals surface area (Å²) in [6.45, 7) is 23.9. The molecule has 2 heterocycles. The lowest BCUT2D eigenvalue weighted by atomic mass is 9.33. The second kappa shape index (κ2) is 16.0. The van der Waals surface area contributed by atoms with Gasteiger partial charge in [0.1, 0.15) is 5.75 Å². The first-order chi connectivity index (χ1) is 28.3. The van der Waals surface area contributed by atoms with Crippen molar-refractivity contribution in [3.05, 3.63) is 53.8 Å². The van der Waals surface area contributed by atoms with Gasteiger partial charge in [-0.1, -0.05) is 58.9 Å². The number of pyridine rings is 1. The Bertz CT molecular complexity index is 1870. The topological polar surface area (TPSA) is 124 Å². The molecule has 0 radical (unpaired) electrons. The van der Waals surface area contributed by atoms with Crippen molar-refractivity contribution >= 4 is 16.6 Å². The number of hydrogen-bond donors (Lipinski definition) is 4. The molecule has 1 aromatic heterocycles. The minimum atomic E-state index is -2.38. The quantitative estimate of drug-likeness (QED) is 0.152. The Kier molecular flexibility index (Phi) is 11.8. The van der Waals surface area contributed by atoms with Gasteiger partial charge in [-0.3, -0.25) is 18.8 Å². The molecule has 1 unspecified atom stereocenters. The van der Waals surface area contributed by atoms with Crippen molar-refractivity contribution in [2.24, 2.45) is 56.7 Å². The van der Waals surface area contributed by atoms with Gasteiger partial charge in [-0.2, -0.15) is 10.6 Å². The van der Waals surface area contributed by atoms with Crippen molar-refractivity contribution in [2.75, 3.05) is 51.4 Å². The van der Waals surface area contributed by atoms with Crippen LogP contribution in [0, 0.1) is 56.7 Å². The van der Waals surface area contributed by atoms with Crippen LogP contribution in [0.2, 0.25) is 0 Å². The maximum Gasteiger partial charge on any atom is 0.310 e. The fourth-order valence-electron chi connectivity index (χ4n) is 15.7. The summed E-state index contributed by atoms with van der Waals surface area (Å²) in [5.74, 6) is 4.52. The molecule has 8 rings (SSSR count). The molecule has 6 aliphatic carbocycles. The third-order valence-corrected chi connectivity index (χ3v) is 20.9. The molecule has 0 bridgehead atoms. The van der Waals surface area contributed by atoms with E-state index in [9.17, 15) is 19.0 Å². The number of rotatable bonds is 12. The summed E-state index contributed by atoms with van der Waals surface area (Å²) < 4.78 is 31.6. The highest BCUT2D eigenvalue weighted by molar-refractivity contribution is 8.24. The third-order valence-electron chi connectivity index (χ3n) is 19.2. The van der Waals surface area contributed by atoms with Crippen LogP contribution < -0.4 is 14.8 Å². The van der Waals surface area contributed by atoms with Crippen molar-refractivity contribution in [1.82, 2.24) is 15.2 Å². The standard InChI is InChI=1S/C50H77N3O6S/c1-34(2)37-13-21-50(52-26-27-53-28-31-60(56,57)32-29-53)23-22-47(6)39(43(37)50)9-10-41-46(5)17-14-38(45(3,4)40(46)15-18-48(41,47)7)35-11-19-49(20-12-35,44(54)55)24-30-59-42-33-36(58-8)16-25-51-42/h11,14,16,25,33,37,39-41,43,52,56-57H,1,9-10,12-13,15,17-24,26-32H2,2-8H3,(H,54,55)/t37-,39+,40-,41+,43+,46-,47+,48+,49?,50-/m0/s1. The molecule has 0 spiro atoms. The Morgan fingerprint density at radius 3 is 2.42 bits per heavy atom. The van der Waals surface area contributed by atoms with Crippen LogP contribution in [-0.4, -0.2) is 87.0 Å².